The maximum atomic E-state index is 14.1. The van der Waals surface area contributed by atoms with Gasteiger partial charge in [0, 0.05) is 52.7 Å². The molecular formula is C27H52N4O8Si2. The highest BCUT2D eigenvalue weighted by molar-refractivity contribution is 6.72. The maximum Gasteiger partial charge on any atom is 0.642 e. The second-order valence-electron chi connectivity index (χ2n) is 8.72. The number of carbonyl (C=O) groups excluding carboxylic acids is 2. The minimum atomic E-state index is -3.91. The summed E-state index contributed by atoms with van der Waals surface area (Å²) in [6.45, 7) is 19.0. The van der Waals surface area contributed by atoms with Crippen LogP contribution in [0.25, 0.3) is 0 Å². The number of amides is 4. The molecule has 236 valence electrons. The summed E-state index contributed by atoms with van der Waals surface area (Å²) in [5.41, 5.74) is 1.42. The van der Waals surface area contributed by atoms with E-state index in [1.165, 1.54) is 9.13 Å². The molecule has 1 rings (SSSR count). The zero-order valence-corrected chi connectivity index (χ0v) is 28.5. The lowest BCUT2D eigenvalue weighted by atomic mass is 10.1. The largest absolute Gasteiger partial charge is 0.642 e. The van der Waals surface area contributed by atoms with E-state index in [-0.39, 0.29) is 39.6 Å². The van der Waals surface area contributed by atoms with Gasteiger partial charge in [0.25, 0.3) is 0 Å². The molecule has 0 aliphatic carbocycles. The van der Waals surface area contributed by atoms with Crippen molar-refractivity contribution >= 4 is 41.4 Å². The molecule has 0 radical (unpaired) electrons. The molecule has 1 aromatic rings. The van der Waals surface area contributed by atoms with Gasteiger partial charge in [-0.15, -0.1) is 0 Å². The van der Waals surface area contributed by atoms with Gasteiger partial charge in [-0.25, -0.2) is 18.7 Å². The minimum absolute atomic E-state index is 0.237. The Morgan fingerprint density at radius 1 is 0.634 bits per heavy atom. The standard InChI is InChI=1S/C27H52N4O8Si2/c1-10-21-28-26(32)30(40(34-12-3,35-13-4)36-14-5)24-20-18-19-23(9)25(24)31(27(33)29-22-11-2)41(37-15-6,38-16-7)39-17-8/h18-20H,10-17,21-22H2,1-9H3,(H,28,32)(H,29,33). The van der Waals surface area contributed by atoms with Crippen LogP contribution in [0, 0.1) is 6.92 Å². The van der Waals surface area contributed by atoms with Crippen molar-refractivity contribution < 1.29 is 36.1 Å². The van der Waals surface area contributed by atoms with Crippen molar-refractivity contribution in [1.82, 2.24) is 10.6 Å². The number of hydrogen-bond donors (Lipinski definition) is 2. The van der Waals surface area contributed by atoms with E-state index in [0.717, 1.165) is 0 Å². The van der Waals surface area contributed by atoms with E-state index in [1.807, 2.05) is 74.4 Å². The molecule has 0 aliphatic rings. The molecule has 0 heterocycles. The van der Waals surface area contributed by atoms with E-state index in [9.17, 15) is 9.59 Å². The lowest BCUT2D eigenvalue weighted by molar-refractivity contribution is 0.0689. The molecule has 0 aliphatic heterocycles. The summed E-state index contributed by atoms with van der Waals surface area (Å²) >= 11 is 0. The molecular weight excluding hydrogens is 564 g/mol. The zero-order valence-electron chi connectivity index (χ0n) is 26.5. The van der Waals surface area contributed by atoms with Crippen molar-refractivity contribution in [1.29, 1.82) is 0 Å². The number of nitrogens with zero attached hydrogens (tertiary/aromatic N) is 2. The van der Waals surface area contributed by atoms with Crippen molar-refractivity contribution in [3.05, 3.63) is 23.8 Å². The van der Waals surface area contributed by atoms with Crippen LogP contribution in [0.4, 0.5) is 21.0 Å². The number of anilines is 2. The Kier molecular flexibility index (Phi) is 17.3. The molecule has 12 nitrogen and oxygen atoms in total. The molecule has 4 amide bonds. The Balaban J connectivity index is 4.24. The molecule has 0 unspecified atom stereocenters. The summed E-state index contributed by atoms with van der Waals surface area (Å²) in [6, 6.07) is 4.48. The highest BCUT2D eigenvalue weighted by Crippen LogP contribution is 2.40. The van der Waals surface area contributed by atoms with Crippen LogP contribution in [-0.2, 0) is 26.6 Å². The van der Waals surface area contributed by atoms with Crippen molar-refractivity contribution in [2.75, 3.05) is 61.9 Å². The van der Waals surface area contributed by atoms with E-state index < -0.39 is 30.0 Å². The monoisotopic (exact) mass is 616 g/mol. The smallest absolute Gasteiger partial charge is 0.356 e. The molecule has 0 bridgehead atoms. The molecule has 0 aromatic heterocycles. The molecule has 2 N–H and O–H groups in total. The SMILES string of the molecule is CCCNC(=O)N(c1cccc(C)c1N(C(=O)NCCC)[Si](OCC)(OCC)OCC)[Si](OCC)(OCC)OCC. The number of para-hydroxylation sites is 1. The normalized spacial score (nSPS) is 11.8. The molecule has 1 aromatic carbocycles. The first-order valence-corrected chi connectivity index (χ1v) is 18.2. The van der Waals surface area contributed by atoms with E-state index in [4.69, 9.17) is 26.6 Å². The Labute approximate surface area is 248 Å². The summed E-state index contributed by atoms with van der Waals surface area (Å²) in [6.07, 6.45) is 1.43. The highest BCUT2D eigenvalue weighted by atomic mass is 28.4. The van der Waals surface area contributed by atoms with Gasteiger partial charge in [-0.1, -0.05) is 26.0 Å². The summed E-state index contributed by atoms with van der Waals surface area (Å²) in [7, 11) is -7.80. The third-order valence-electron chi connectivity index (χ3n) is 5.65. The van der Waals surface area contributed by atoms with Crippen LogP contribution in [-0.4, -0.2) is 82.7 Å². The highest BCUT2D eigenvalue weighted by Gasteiger charge is 2.58. The number of nitrogens with one attached hydrogen (secondary N) is 2. The summed E-state index contributed by atoms with van der Waals surface area (Å²) in [5.74, 6) is 0. The zero-order chi connectivity index (χ0) is 30.9. The van der Waals surface area contributed by atoms with Crippen LogP contribution in [0.1, 0.15) is 73.8 Å². The van der Waals surface area contributed by atoms with Gasteiger partial charge in [-0.05, 0) is 72.9 Å². The number of hydrogen-bond acceptors (Lipinski definition) is 8. The lowest BCUT2D eigenvalue weighted by Gasteiger charge is -2.42. The first kappa shape index (κ1) is 37.0. The van der Waals surface area contributed by atoms with Gasteiger partial charge in [-0.3, -0.25) is 0 Å². The fourth-order valence-corrected chi connectivity index (χ4v) is 9.37. The Morgan fingerprint density at radius 2 is 1.00 bits per heavy atom. The van der Waals surface area contributed by atoms with Crippen LogP contribution in [0.15, 0.2) is 18.2 Å². The number of aryl methyl sites for hydroxylation is 1. The van der Waals surface area contributed by atoms with Crippen LogP contribution >= 0.6 is 0 Å². The number of benzene rings is 1. The second-order valence-corrected chi connectivity index (χ2v) is 13.4. The Hall–Kier alpha value is -2.05. The maximum absolute atomic E-state index is 14.1. The van der Waals surface area contributed by atoms with Crippen molar-refractivity contribution in [2.24, 2.45) is 0 Å². The predicted molar refractivity (Wildman–Crippen MR) is 165 cm³/mol. The predicted octanol–water partition coefficient (Wildman–Crippen LogP) is 4.94. The van der Waals surface area contributed by atoms with Gasteiger partial charge in [0.15, 0.2) is 0 Å². The van der Waals surface area contributed by atoms with E-state index in [1.54, 1.807) is 6.07 Å². The lowest BCUT2D eigenvalue weighted by Crippen LogP contribution is -2.68. The molecule has 0 saturated heterocycles. The van der Waals surface area contributed by atoms with Gasteiger partial charge < -0.3 is 37.2 Å². The van der Waals surface area contributed by atoms with Crippen molar-refractivity contribution in [2.45, 2.75) is 75.2 Å². The summed E-state index contributed by atoms with van der Waals surface area (Å²) in [4.78, 5) is 28.1. The van der Waals surface area contributed by atoms with E-state index >= 15 is 0 Å². The van der Waals surface area contributed by atoms with Crippen LogP contribution in [0.3, 0.4) is 0 Å². The molecule has 41 heavy (non-hydrogen) atoms. The van der Waals surface area contributed by atoms with Crippen LogP contribution in [0.5, 0.6) is 0 Å². The third-order valence-corrected chi connectivity index (χ3v) is 11.5. The average Bonchev–Trinajstić information content (AvgIpc) is 2.93. The molecule has 0 spiro atoms. The van der Waals surface area contributed by atoms with E-state index in [0.29, 0.717) is 42.9 Å². The topological polar surface area (TPSA) is 120 Å². The molecule has 0 saturated carbocycles. The van der Waals surface area contributed by atoms with Crippen molar-refractivity contribution in [3.8, 4) is 0 Å². The third kappa shape index (κ3) is 9.48. The van der Waals surface area contributed by atoms with Gasteiger partial charge in [-0.2, -0.15) is 0 Å². The first-order chi connectivity index (χ1) is 19.7. The Morgan fingerprint density at radius 3 is 1.37 bits per heavy atom. The summed E-state index contributed by atoms with van der Waals surface area (Å²) in [5, 5.41) is 5.92. The molecule has 0 atom stereocenters. The number of rotatable bonds is 20. The average molecular weight is 617 g/mol. The summed E-state index contributed by atoms with van der Waals surface area (Å²) < 4.78 is 40.2. The van der Waals surface area contributed by atoms with Gasteiger partial charge in [0.05, 0.1) is 11.4 Å². The fourth-order valence-electron chi connectivity index (χ4n) is 4.21. The van der Waals surface area contributed by atoms with Crippen LogP contribution < -0.4 is 19.8 Å². The van der Waals surface area contributed by atoms with E-state index in [2.05, 4.69) is 10.6 Å². The Bertz CT molecular complexity index is 893. The minimum Gasteiger partial charge on any atom is -0.356 e. The second kappa shape index (κ2) is 19.2. The quantitative estimate of drug-likeness (QED) is 0.198. The first-order valence-electron chi connectivity index (χ1n) is 14.8. The molecule has 0 fully saturated rings. The van der Waals surface area contributed by atoms with Gasteiger partial charge in [0.1, 0.15) is 0 Å². The fraction of sp³-hybridized carbons (Fsp3) is 0.704. The van der Waals surface area contributed by atoms with Gasteiger partial charge in [0.2, 0.25) is 0 Å². The number of urea groups is 2. The van der Waals surface area contributed by atoms with Crippen molar-refractivity contribution in [3.63, 3.8) is 0 Å². The van der Waals surface area contributed by atoms with Gasteiger partial charge >= 0.3 is 30.0 Å². The molecule has 14 heteroatoms. The number of carbonyl (C=O) groups is 2. The van der Waals surface area contributed by atoms with Crippen LogP contribution in [0.2, 0.25) is 0 Å².